The van der Waals surface area contributed by atoms with E-state index in [1.165, 1.54) is 15.9 Å². The van der Waals surface area contributed by atoms with Crippen molar-refractivity contribution in [3.8, 4) is 22.8 Å². The average molecular weight is 533 g/mol. The van der Waals surface area contributed by atoms with Gasteiger partial charge in [-0.15, -0.1) is 0 Å². The monoisotopic (exact) mass is 532 g/mol. The number of anilines is 1. The van der Waals surface area contributed by atoms with Crippen molar-refractivity contribution in [1.82, 2.24) is 14.8 Å². The van der Waals surface area contributed by atoms with Crippen LogP contribution in [0.2, 0.25) is 0 Å². The first-order chi connectivity index (χ1) is 17.9. The summed E-state index contributed by atoms with van der Waals surface area (Å²) in [5, 5.41) is 20.7. The molecule has 0 aliphatic carbocycles. The number of benzene rings is 1. The van der Waals surface area contributed by atoms with Crippen LogP contribution >= 0.6 is 0 Å². The zero-order chi connectivity index (χ0) is 27.5. The van der Waals surface area contributed by atoms with Gasteiger partial charge in [-0.1, -0.05) is 6.58 Å². The number of aliphatic hydroxyl groups excluding tert-OH is 1. The molecule has 9 nitrogen and oxygen atoms in total. The SMILES string of the molecule is C=CC(=O)N1CCN2C(=O)c3c(N4CC(O)CC4(C)C)nc(-c4c(F)ccc(F)c4O)c(F)c3OC[C@H]2C1. The number of phenols is 1. The van der Waals surface area contributed by atoms with E-state index in [1.54, 1.807) is 18.7 Å². The topological polar surface area (TPSA) is 106 Å². The maximum absolute atomic E-state index is 16.1. The molecule has 5 rings (SSSR count). The Morgan fingerprint density at radius 1 is 1.18 bits per heavy atom. The Morgan fingerprint density at radius 2 is 1.89 bits per heavy atom. The van der Waals surface area contributed by atoms with Gasteiger partial charge in [0.1, 0.15) is 29.5 Å². The quantitative estimate of drug-likeness (QED) is 0.585. The van der Waals surface area contributed by atoms with Crippen molar-refractivity contribution in [2.75, 3.05) is 37.7 Å². The van der Waals surface area contributed by atoms with Gasteiger partial charge in [0, 0.05) is 31.7 Å². The molecule has 2 atom stereocenters. The first-order valence-electron chi connectivity index (χ1n) is 12.2. The maximum Gasteiger partial charge on any atom is 0.262 e. The van der Waals surface area contributed by atoms with E-state index in [0.29, 0.717) is 12.5 Å². The minimum absolute atomic E-state index is 0.0352. The first-order valence-corrected chi connectivity index (χ1v) is 12.2. The molecule has 2 aromatic rings. The van der Waals surface area contributed by atoms with E-state index in [1.807, 2.05) is 0 Å². The largest absolute Gasteiger partial charge is 0.504 e. The Balaban J connectivity index is 1.71. The molecule has 0 bridgehead atoms. The van der Waals surface area contributed by atoms with Gasteiger partial charge in [-0.3, -0.25) is 9.59 Å². The molecule has 1 aromatic heterocycles. The summed E-state index contributed by atoms with van der Waals surface area (Å²) in [5.41, 5.74) is -2.53. The number of hydrogen-bond acceptors (Lipinski definition) is 7. The van der Waals surface area contributed by atoms with E-state index >= 15 is 4.39 Å². The number of rotatable bonds is 3. The van der Waals surface area contributed by atoms with Gasteiger partial charge >= 0.3 is 0 Å². The van der Waals surface area contributed by atoms with E-state index in [-0.39, 0.29) is 50.1 Å². The van der Waals surface area contributed by atoms with Crippen molar-refractivity contribution >= 4 is 17.6 Å². The summed E-state index contributed by atoms with van der Waals surface area (Å²) in [4.78, 5) is 35.0. The number of nitrogens with zero attached hydrogens (tertiary/aromatic N) is 4. The van der Waals surface area contributed by atoms with Crippen LogP contribution in [0.4, 0.5) is 19.0 Å². The smallest absolute Gasteiger partial charge is 0.262 e. The van der Waals surface area contributed by atoms with Crippen molar-refractivity contribution < 1.29 is 37.7 Å². The van der Waals surface area contributed by atoms with Gasteiger partial charge in [-0.2, -0.15) is 0 Å². The molecule has 1 aromatic carbocycles. The van der Waals surface area contributed by atoms with E-state index in [9.17, 15) is 28.6 Å². The summed E-state index contributed by atoms with van der Waals surface area (Å²) in [6.45, 7) is 7.41. The number of carbonyl (C=O) groups is 2. The number of β-amino-alcohol motifs (C(OH)–C–C–N with tert-alkyl or cyclic N) is 1. The number of halogens is 3. The third kappa shape index (κ3) is 4.03. The van der Waals surface area contributed by atoms with Crippen molar-refractivity contribution in [2.24, 2.45) is 0 Å². The number of pyridine rings is 1. The first kappa shape index (κ1) is 25.8. The predicted octanol–water partition coefficient (Wildman–Crippen LogP) is 2.45. The van der Waals surface area contributed by atoms with Gasteiger partial charge in [0.2, 0.25) is 5.91 Å². The lowest BCUT2D eigenvalue weighted by atomic mass is 9.99. The van der Waals surface area contributed by atoms with Crippen LogP contribution in [0.5, 0.6) is 11.5 Å². The van der Waals surface area contributed by atoms with Crippen LogP contribution in [-0.2, 0) is 4.79 Å². The molecule has 38 heavy (non-hydrogen) atoms. The number of piperazine rings is 1. The van der Waals surface area contributed by atoms with Crippen LogP contribution in [0.25, 0.3) is 11.3 Å². The molecular formula is C26H27F3N4O5. The Labute approximate surface area is 216 Å². The second kappa shape index (κ2) is 9.19. The third-order valence-electron chi connectivity index (χ3n) is 7.37. The van der Waals surface area contributed by atoms with Gasteiger partial charge < -0.3 is 29.6 Å². The summed E-state index contributed by atoms with van der Waals surface area (Å²) in [5.74, 6) is -6.23. The molecule has 2 fully saturated rings. The number of hydrogen-bond donors (Lipinski definition) is 2. The van der Waals surface area contributed by atoms with Crippen molar-refractivity contribution in [3.63, 3.8) is 0 Å². The summed E-state index contributed by atoms with van der Waals surface area (Å²) in [7, 11) is 0. The molecule has 1 unspecified atom stereocenters. The van der Waals surface area contributed by atoms with Crippen LogP contribution in [0.1, 0.15) is 30.6 Å². The summed E-state index contributed by atoms with van der Waals surface area (Å²) in [6, 6.07) is 0.808. The Bertz CT molecular complexity index is 1350. The zero-order valence-electron chi connectivity index (χ0n) is 20.9. The second-order valence-electron chi connectivity index (χ2n) is 10.3. The van der Waals surface area contributed by atoms with Gasteiger partial charge in [0.25, 0.3) is 5.91 Å². The summed E-state index contributed by atoms with van der Waals surface area (Å²) >= 11 is 0. The highest BCUT2D eigenvalue weighted by atomic mass is 19.1. The molecule has 0 saturated carbocycles. The van der Waals surface area contributed by atoms with Gasteiger partial charge in [0.05, 0.1) is 17.7 Å². The van der Waals surface area contributed by atoms with Gasteiger partial charge in [-0.25, -0.2) is 18.2 Å². The molecule has 2 N–H and O–H groups in total. The number of aliphatic hydroxyl groups is 1. The van der Waals surface area contributed by atoms with Crippen LogP contribution in [0.15, 0.2) is 24.8 Å². The minimum atomic E-state index is -1.24. The fraction of sp³-hybridized carbons (Fsp3) is 0.423. The highest BCUT2D eigenvalue weighted by Gasteiger charge is 2.45. The highest BCUT2D eigenvalue weighted by molar-refractivity contribution is 6.03. The second-order valence-corrected chi connectivity index (χ2v) is 10.3. The number of carbonyl (C=O) groups excluding carboxylic acids is 2. The summed E-state index contributed by atoms with van der Waals surface area (Å²) < 4.78 is 50.9. The van der Waals surface area contributed by atoms with E-state index < -0.39 is 63.8 Å². The molecule has 3 aliphatic rings. The van der Waals surface area contributed by atoms with Crippen LogP contribution < -0.4 is 9.64 Å². The molecule has 12 heteroatoms. The molecule has 3 aliphatic heterocycles. The molecule has 4 heterocycles. The lowest BCUT2D eigenvalue weighted by Crippen LogP contribution is -2.57. The predicted molar refractivity (Wildman–Crippen MR) is 130 cm³/mol. The fourth-order valence-electron chi connectivity index (χ4n) is 5.49. The number of ether oxygens (including phenoxy) is 1. The lowest BCUT2D eigenvalue weighted by Gasteiger charge is -2.40. The van der Waals surface area contributed by atoms with E-state index in [2.05, 4.69) is 11.6 Å². The molecule has 0 radical (unpaired) electrons. The molecule has 0 spiro atoms. The fourth-order valence-corrected chi connectivity index (χ4v) is 5.49. The van der Waals surface area contributed by atoms with Gasteiger partial charge in [0.15, 0.2) is 23.1 Å². The van der Waals surface area contributed by atoms with Crippen molar-refractivity contribution in [2.45, 2.75) is 38.0 Å². The van der Waals surface area contributed by atoms with Crippen LogP contribution in [0.3, 0.4) is 0 Å². The zero-order valence-corrected chi connectivity index (χ0v) is 20.9. The average Bonchev–Trinajstić information content (AvgIpc) is 3.06. The maximum atomic E-state index is 16.1. The molecule has 202 valence electrons. The number of fused-ring (bicyclic) bond motifs is 2. The third-order valence-corrected chi connectivity index (χ3v) is 7.37. The molecule has 2 amide bonds. The number of phenolic OH excluding ortho intramolecular Hbond substituents is 1. The van der Waals surface area contributed by atoms with Crippen LogP contribution in [-0.4, -0.2) is 87.3 Å². The number of aromatic nitrogens is 1. The Kier molecular flexibility index (Phi) is 6.25. The van der Waals surface area contributed by atoms with Gasteiger partial charge in [-0.05, 0) is 38.5 Å². The minimum Gasteiger partial charge on any atom is -0.504 e. The Hall–Kier alpha value is -3.80. The van der Waals surface area contributed by atoms with Crippen molar-refractivity contribution in [1.29, 1.82) is 0 Å². The van der Waals surface area contributed by atoms with E-state index in [0.717, 1.165) is 6.07 Å². The highest BCUT2D eigenvalue weighted by Crippen LogP contribution is 2.45. The normalized spacial score (nSPS) is 22.5. The summed E-state index contributed by atoms with van der Waals surface area (Å²) in [6.07, 6.45) is 0.673. The van der Waals surface area contributed by atoms with E-state index in [4.69, 9.17) is 4.74 Å². The molecular weight excluding hydrogens is 505 g/mol. The lowest BCUT2D eigenvalue weighted by molar-refractivity contribution is -0.128. The number of amides is 2. The Morgan fingerprint density at radius 3 is 2.55 bits per heavy atom. The standard InChI is InChI=1S/C26H27F3N4O5/c1-4-17(35)31-7-8-32-13(10-31)12-38-23-19(25(32)37)24(33-11-14(34)9-26(33,2)3)30-21(20(23)29)18-15(27)5-6-16(28)22(18)36/h4-6,13-14,34,36H,1,7-12H2,2-3H3/t13-,14?/m1/s1. The van der Waals surface area contributed by atoms with Crippen LogP contribution in [0, 0.1) is 17.5 Å². The number of aromatic hydroxyl groups is 1. The van der Waals surface area contributed by atoms with Crippen molar-refractivity contribution in [3.05, 3.63) is 47.8 Å². The molecule has 2 saturated heterocycles.